The number of carbonyl (C=O) groups is 3. The third-order valence-corrected chi connectivity index (χ3v) is 4.67. The van der Waals surface area contributed by atoms with Crippen molar-refractivity contribution in [1.29, 1.82) is 0 Å². The fraction of sp³-hybridized carbons (Fsp3) is 0.278. The minimum Gasteiger partial charge on any atom is -0.453 e. The van der Waals surface area contributed by atoms with Gasteiger partial charge in [-0.25, -0.2) is 4.39 Å². The monoisotopic (exact) mass is 456 g/mol. The van der Waals surface area contributed by atoms with E-state index in [2.05, 4.69) is 26.6 Å². The Kier molecular flexibility index (Phi) is 7.93. The first kappa shape index (κ1) is 21.0. The van der Waals surface area contributed by atoms with Crippen LogP contribution in [0.3, 0.4) is 0 Å². The van der Waals surface area contributed by atoms with Crippen LogP contribution in [0.15, 0.2) is 39.5 Å². The molecule has 0 saturated carbocycles. The topological polar surface area (TPSA) is 84.5 Å². The van der Waals surface area contributed by atoms with E-state index in [1.807, 2.05) is 0 Å². The predicted molar refractivity (Wildman–Crippen MR) is 104 cm³/mol. The number of carbonyl (C=O) groups excluding carboxylic acids is 3. The van der Waals surface area contributed by atoms with Crippen molar-refractivity contribution < 1.29 is 23.5 Å². The Hall–Kier alpha value is -2.26. The molecule has 2 amide bonds. The lowest BCUT2D eigenvalue weighted by atomic mass is 10.2. The molecule has 1 heterocycles. The van der Waals surface area contributed by atoms with Crippen LogP contribution in [0.2, 0.25) is 0 Å². The van der Waals surface area contributed by atoms with Crippen molar-refractivity contribution >= 4 is 50.7 Å². The number of halogens is 2. The Labute approximate surface area is 168 Å². The molecule has 0 aliphatic carbocycles. The zero-order valence-corrected chi connectivity index (χ0v) is 16.9. The summed E-state index contributed by atoms with van der Waals surface area (Å²) >= 11 is 4.55. The van der Waals surface area contributed by atoms with Crippen LogP contribution in [0.4, 0.5) is 10.1 Å². The summed E-state index contributed by atoms with van der Waals surface area (Å²) in [6, 6.07) is 5.92. The highest BCUT2D eigenvalue weighted by atomic mass is 79.9. The van der Waals surface area contributed by atoms with Gasteiger partial charge in [0.1, 0.15) is 5.82 Å². The predicted octanol–water partition coefficient (Wildman–Crippen LogP) is 3.73. The Morgan fingerprint density at radius 2 is 2.07 bits per heavy atom. The maximum absolute atomic E-state index is 13.7. The van der Waals surface area contributed by atoms with Crippen LogP contribution in [-0.4, -0.2) is 30.4 Å². The van der Waals surface area contributed by atoms with Crippen molar-refractivity contribution in [2.75, 3.05) is 11.9 Å². The molecule has 0 bridgehead atoms. The zero-order valence-electron chi connectivity index (χ0n) is 14.5. The molecule has 0 spiro atoms. The summed E-state index contributed by atoms with van der Waals surface area (Å²) in [5, 5.41) is 8.61. The van der Waals surface area contributed by atoms with Crippen LogP contribution in [0.1, 0.15) is 30.1 Å². The summed E-state index contributed by atoms with van der Waals surface area (Å²) < 4.78 is 19.3. The number of anilines is 1. The second-order valence-corrected chi connectivity index (χ2v) is 7.31. The first-order valence-corrected chi connectivity index (χ1v) is 9.86. The van der Waals surface area contributed by atoms with E-state index in [0.29, 0.717) is 23.0 Å². The number of hydrogen-bond acceptors (Lipinski definition) is 5. The molecule has 9 heteroatoms. The van der Waals surface area contributed by atoms with Crippen LogP contribution in [0, 0.1) is 5.82 Å². The standard InChI is InChI=1S/C18H18BrFN2O4S/c1-11(17(24)22-15-5-4-13(19)9-14(15)20)26-16(23)3-2-7-21-18(25)12-6-8-27-10-12/h4-6,8-11H,2-3,7H2,1H3,(H,21,25)(H,22,24). The molecular formula is C18H18BrFN2O4S. The lowest BCUT2D eigenvalue weighted by Crippen LogP contribution is -2.30. The van der Waals surface area contributed by atoms with E-state index in [1.54, 1.807) is 22.9 Å². The van der Waals surface area contributed by atoms with E-state index < -0.39 is 23.8 Å². The average Bonchev–Trinajstić information content (AvgIpc) is 3.15. The van der Waals surface area contributed by atoms with Gasteiger partial charge >= 0.3 is 5.97 Å². The van der Waals surface area contributed by atoms with Crippen LogP contribution >= 0.6 is 27.3 Å². The molecule has 6 nitrogen and oxygen atoms in total. The van der Waals surface area contributed by atoms with E-state index in [-0.39, 0.29) is 18.0 Å². The summed E-state index contributed by atoms with van der Waals surface area (Å²) in [5.74, 6) is -2.00. The summed E-state index contributed by atoms with van der Waals surface area (Å²) in [4.78, 5) is 35.5. The van der Waals surface area contributed by atoms with E-state index in [9.17, 15) is 18.8 Å². The number of ether oxygens (including phenoxy) is 1. The molecule has 1 unspecified atom stereocenters. The number of hydrogen-bond donors (Lipinski definition) is 2. The highest BCUT2D eigenvalue weighted by molar-refractivity contribution is 9.10. The van der Waals surface area contributed by atoms with Crippen molar-refractivity contribution in [1.82, 2.24) is 5.32 Å². The molecule has 0 radical (unpaired) electrons. The van der Waals surface area contributed by atoms with Gasteiger partial charge in [-0.05, 0) is 43.0 Å². The van der Waals surface area contributed by atoms with E-state index in [4.69, 9.17) is 4.74 Å². The van der Waals surface area contributed by atoms with Crippen LogP contribution in [0.5, 0.6) is 0 Å². The molecule has 1 aromatic heterocycles. The van der Waals surface area contributed by atoms with Gasteiger partial charge in [0.15, 0.2) is 6.10 Å². The molecule has 0 aliphatic rings. The summed E-state index contributed by atoms with van der Waals surface area (Å²) in [5.41, 5.74) is 0.579. The lowest BCUT2D eigenvalue weighted by Gasteiger charge is -2.14. The van der Waals surface area contributed by atoms with Gasteiger partial charge in [0.05, 0.1) is 5.69 Å². The minimum atomic E-state index is -1.07. The van der Waals surface area contributed by atoms with Crippen molar-refractivity contribution in [2.24, 2.45) is 0 Å². The molecule has 1 atom stereocenters. The normalized spacial score (nSPS) is 11.5. The van der Waals surface area contributed by atoms with Crippen molar-refractivity contribution in [3.8, 4) is 0 Å². The Balaban J connectivity index is 1.69. The van der Waals surface area contributed by atoms with E-state index in [0.717, 1.165) is 0 Å². The quantitative estimate of drug-likeness (QED) is 0.468. The zero-order chi connectivity index (χ0) is 19.8. The van der Waals surface area contributed by atoms with Gasteiger partial charge in [-0.1, -0.05) is 15.9 Å². The average molecular weight is 457 g/mol. The van der Waals surface area contributed by atoms with Crippen LogP contribution in [-0.2, 0) is 14.3 Å². The number of amides is 2. The van der Waals surface area contributed by atoms with Crippen molar-refractivity contribution in [2.45, 2.75) is 25.9 Å². The molecule has 27 heavy (non-hydrogen) atoms. The van der Waals surface area contributed by atoms with Gasteiger partial charge < -0.3 is 15.4 Å². The Morgan fingerprint density at radius 3 is 2.74 bits per heavy atom. The van der Waals surface area contributed by atoms with Crippen LogP contribution in [0.25, 0.3) is 0 Å². The number of benzene rings is 1. The van der Waals surface area contributed by atoms with Gasteiger partial charge in [0.25, 0.3) is 11.8 Å². The third-order valence-electron chi connectivity index (χ3n) is 3.49. The summed E-state index contributed by atoms with van der Waals surface area (Å²) in [6.45, 7) is 1.72. The van der Waals surface area contributed by atoms with Crippen molar-refractivity contribution in [3.63, 3.8) is 0 Å². The fourth-order valence-corrected chi connectivity index (χ4v) is 3.03. The maximum Gasteiger partial charge on any atom is 0.306 e. The largest absolute Gasteiger partial charge is 0.453 e. The number of rotatable bonds is 8. The van der Waals surface area contributed by atoms with Crippen LogP contribution < -0.4 is 10.6 Å². The Morgan fingerprint density at radius 1 is 1.30 bits per heavy atom. The van der Waals surface area contributed by atoms with Gasteiger partial charge in [0, 0.05) is 28.4 Å². The molecule has 2 rings (SSSR count). The third kappa shape index (κ3) is 6.76. The molecular weight excluding hydrogens is 439 g/mol. The van der Waals surface area contributed by atoms with E-state index in [1.165, 1.54) is 30.4 Å². The highest BCUT2D eigenvalue weighted by Crippen LogP contribution is 2.19. The number of thiophene rings is 1. The second-order valence-electron chi connectivity index (χ2n) is 5.62. The molecule has 0 aliphatic heterocycles. The SMILES string of the molecule is CC(OC(=O)CCCNC(=O)c1ccsc1)C(=O)Nc1ccc(Br)cc1F. The smallest absolute Gasteiger partial charge is 0.306 e. The van der Waals surface area contributed by atoms with Crippen molar-refractivity contribution in [3.05, 3.63) is 50.9 Å². The number of esters is 1. The maximum atomic E-state index is 13.7. The van der Waals surface area contributed by atoms with Gasteiger partial charge in [-0.3, -0.25) is 14.4 Å². The first-order valence-electron chi connectivity index (χ1n) is 8.12. The molecule has 2 N–H and O–H groups in total. The van der Waals surface area contributed by atoms with E-state index >= 15 is 0 Å². The Bertz CT molecular complexity index is 814. The summed E-state index contributed by atoms with van der Waals surface area (Å²) in [7, 11) is 0. The molecule has 1 aromatic carbocycles. The second kappa shape index (κ2) is 10.2. The number of nitrogens with one attached hydrogen (secondary N) is 2. The van der Waals surface area contributed by atoms with Gasteiger partial charge in [0.2, 0.25) is 0 Å². The minimum absolute atomic E-state index is 0.00208. The van der Waals surface area contributed by atoms with Gasteiger partial charge in [-0.2, -0.15) is 11.3 Å². The lowest BCUT2D eigenvalue weighted by molar-refractivity contribution is -0.153. The molecule has 0 fully saturated rings. The highest BCUT2D eigenvalue weighted by Gasteiger charge is 2.19. The fourth-order valence-electron chi connectivity index (χ4n) is 2.07. The summed E-state index contributed by atoms with van der Waals surface area (Å²) in [6.07, 6.45) is -0.639. The van der Waals surface area contributed by atoms with Gasteiger partial charge in [-0.15, -0.1) is 0 Å². The molecule has 144 valence electrons. The molecule has 2 aromatic rings. The first-order chi connectivity index (χ1) is 12.9. The molecule has 0 saturated heterocycles.